The minimum atomic E-state index is -0.656. The first-order valence-corrected chi connectivity index (χ1v) is 6.54. The maximum absolute atomic E-state index is 10.9. The zero-order valence-corrected chi connectivity index (χ0v) is 11.2. The highest BCUT2D eigenvalue weighted by Gasteiger charge is 2.24. The first-order valence-electron chi connectivity index (χ1n) is 6.54. The summed E-state index contributed by atoms with van der Waals surface area (Å²) in [5, 5.41) is 8.97. The molecule has 1 N–H and O–H groups in total. The van der Waals surface area contributed by atoms with Crippen LogP contribution in [0, 0.1) is 11.8 Å². The Hall–Kier alpha value is -1.05. The molecule has 0 aromatic heterocycles. The maximum Gasteiger partial charge on any atom is 0.306 e. The van der Waals surface area contributed by atoms with Gasteiger partial charge < -0.3 is 5.11 Å². The van der Waals surface area contributed by atoms with Crippen LogP contribution in [0.5, 0.6) is 0 Å². The normalized spacial score (nSPS) is 21.6. The van der Waals surface area contributed by atoms with Gasteiger partial charge in [-0.3, -0.25) is 4.79 Å². The Morgan fingerprint density at radius 3 is 2.76 bits per heavy atom. The second-order valence-corrected chi connectivity index (χ2v) is 5.34. The summed E-state index contributed by atoms with van der Waals surface area (Å²) < 4.78 is 0. The molecule has 0 aromatic carbocycles. The van der Waals surface area contributed by atoms with Crippen LogP contribution in [0.4, 0.5) is 0 Å². The average Bonchev–Trinajstić information content (AvgIpc) is 2.28. The number of carboxylic acids is 1. The summed E-state index contributed by atoms with van der Waals surface area (Å²) in [4.78, 5) is 10.9. The van der Waals surface area contributed by atoms with Crippen LogP contribution >= 0.6 is 0 Å². The topological polar surface area (TPSA) is 37.3 Å². The lowest BCUT2D eigenvalue weighted by Gasteiger charge is -2.24. The van der Waals surface area contributed by atoms with Gasteiger partial charge in [-0.25, -0.2) is 0 Å². The molecule has 0 aliphatic heterocycles. The van der Waals surface area contributed by atoms with Crippen molar-refractivity contribution < 1.29 is 9.90 Å². The van der Waals surface area contributed by atoms with Gasteiger partial charge in [-0.2, -0.15) is 0 Å². The van der Waals surface area contributed by atoms with E-state index >= 15 is 0 Å². The van der Waals surface area contributed by atoms with Crippen LogP contribution in [-0.2, 0) is 4.79 Å². The van der Waals surface area contributed by atoms with Gasteiger partial charge in [0.2, 0.25) is 0 Å². The van der Waals surface area contributed by atoms with Crippen molar-refractivity contribution in [3.8, 4) is 0 Å². The monoisotopic (exact) mass is 236 g/mol. The third-order valence-corrected chi connectivity index (χ3v) is 3.66. The molecule has 0 saturated heterocycles. The van der Waals surface area contributed by atoms with Gasteiger partial charge in [-0.1, -0.05) is 30.2 Å². The molecule has 0 bridgehead atoms. The van der Waals surface area contributed by atoms with Gasteiger partial charge in [0.25, 0.3) is 0 Å². The Kier molecular flexibility index (Phi) is 5.46. The number of carbonyl (C=O) groups is 1. The molecule has 0 saturated carbocycles. The molecule has 0 fully saturated rings. The van der Waals surface area contributed by atoms with Crippen molar-refractivity contribution in [2.24, 2.45) is 11.8 Å². The van der Waals surface area contributed by atoms with E-state index in [1.54, 1.807) is 0 Å². The number of hydrogen-bond donors (Lipinski definition) is 1. The standard InChI is InChI=1S/C15H24O2/c1-11(2)5-4-6-13-7-9-14(10-8-13)12(3)15(16)17/h5,7,12,14H,4,6,8-10H2,1-3H3,(H,16,17). The van der Waals surface area contributed by atoms with E-state index in [2.05, 4.69) is 26.0 Å². The summed E-state index contributed by atoms with van der Waals surface area (Å²) in [6, 6.07) is 0. The fourth-order valence-corrected chi connectivity index (χ4v) is 2.34. The summed E-state index contributed by atoms with van der Waals surface area (Å²) in [7, 11) is 0. The molecule has 96 valence electrons. The van der Waals surface area contributed by atoms with Gasteiger partial charge in [-0.05, 0) is 51.9 Å². The number of allylic oxidation sites excluding steroid dienone is 4. The minimum absolute atomic E-state index is 0.203. The van der Waals surface area contributed by atoms with E-state index in [-0.39, 0.29) is 5.92 Å². The Bertz CT molecular complexity index is 322. The Morgan fingerprint density at radius 2 is 2.29 bits per heavy atom. The van der Waals surface area contributed by atoms with Crippen LogP contribution < -0.4 is 0 Å². The van der Waals surface area contributed by atoms with E-state index in [0.29, 0.717) is 5.92 Å². The summed E-state index contributed by atoms with van der Waals surface area (Å²) in [6.45, 7) is 6.08. The zero-order chi connectivity index (χ0) is 12.8. The lowest BCUT2D eigenvalue weighted by Crippen LogP contribution is -2.22. The van der Waals surface area contributed by atoms with Crippen LogP contribution in [0.15, 0.2) is 23.3 Å². The molecule has 0 amide bonds. The lowest BCUT2D eigenvalue weighted by molar-refractivity contribution is -0.143. The number of aliphatic carboxylic acids is 1. The molecule has 0 radical (unpaired) electrons. The molecule has 0 heterocycles. The lowest BCUT2D eigenvalue weighted by atomic mass is 9.80. The van der Waals surface area contributed by atoms with Crippen LogP contribution in [-0.4, -0.2) is 11.1 Å². The molecule has 0 aromatic rings. The van der Waals surface area contributed by atoms with Crippen molar-refractivity contribution in [3.63, 3.8) is 0 Å². The predicted octanol–water partition coefficient (Wildman–Crippen LogP) is 4.18. The number of rotatable bonds is 5. The predicted molar refractivity (Wildman–Crippen MR) is 70.9 cm³/mol. The van der Waals surface area contributed by atoms with Crippen molar-refractivity contribution >= 4 is 5.97 Å². The average molecular weight is 236 g/mol. The Labute approximate surface area is 104 Å². The molecule has 2 unspecified atom stereocenters. The summed E-state index contributed by atoms with van der Waals surface area (Å²) in [5.41, 5.74) is 2.88. The van der Waals surface area contributed by atoms with E-state index in [1.165, 1.54) is 11.1 Å². The van der Waals surface area contributed by atoms with Crippen molar-refractivity contribution in [1.29, 1.82) is 0 Å². The van der Waals surface area contributed by atoms with Gasteiger partial charge in [0.1, 0.15) is 0 Å². The fourth-order valence-electron chi connectivity index (χ4n) is 2.34. The van der Waals surface area contributed by atoms with Crippen LogP contribution in [0.2, 0.25) is 0 Å². The highest BCUT2D eigenvalue weighted by atomic mass is 16.4. The van der Waals surface area contributed by atoms with Crippen LogP contribution in [0.1, 0.15) is 52.9 Å². The van der Waals surface area contributed by atoms with Gasteiger partial charge >= 0.3 is 5.97 Å². The Morgan fingerprint density at radius 1 is 1.59 bits per heavy atom. The van der Waals surface area contributed by atoms with E-state index < -0.39 is 5.97 Å². The molecule has 1 aliphatic rings. The van der Waals surface area contributed by atoms with Gasteiger partial charge in [0.15, 0.2) is 0 Å². The SMILES string of the molecule is CC(C)=CCCC1=CCC(C(C)C(=O)O)CC1. The van der Waals surface area contributed by atoms with E-state index in [9.17, 15) is 4.79 Å². The van der Waals surface area contributed by atoms with Gasteiger partial charge in [0, 0.05) is 0 Å². The summed E-state index contributed by atoms with van der Waals surface area (Å²) in [5.74, 6) is -0.526. The molecular weight excluding hydrogens is 212 g/mol. The Balaban J connectivity index is 2.39. The van der Waals surface area contributed by atoms with Crippen molar-refractivity contribution in [3.05, 3.63) is 23.3 Å². The minimum Gasteiger partial charge on any atom is -0.481 e. The smallest absolute Gasteiger partial charge is 0.306 e. The molecule has 17 heavy (non-hydrogen) atoms. The third kappa shape index (κ3) is 4.76. The van der Waals surface area contributed by atoms with Crippen LogP contribution in [0.25, 0.3) is 0 Å². The van der Waals surface area contributed by atoms with Gasteiger partial charge in [-0.15, -0.1) is 0 Å². The van der Waals surface area contributed by atoms with Crippen molar-refractivity contribution in [2.75, 3.05) is 0 Å². The second kappa shape index (κ2) is 6.63. The summed E-state index contributed by atoms with van der Waals surface area (Å²) in [6.07, 6.45) is 9.86. The molecular formula is C15H24O2. The molecule has 1 aliphatic carbocycles. The highest BCUT2D eigenvalue weighted by molar-refractivity contribution is 5.69. The fraction of sp³-hybridized carbons (Fsp3) is 0.667. The summed E-state index contributed by atoms with van der Waals surface area (Å²) >= 11 is 0. The van der Waals surface area contributed by atoms with Crippen molar-refractivity contribution in [2.45, 2.75) is 52.9 Å². The molecule has 1 rings (SSSR count). The number of carboxylic acid groups (broad SMARTS) is 1. The largest absolute Gasteiger partial charge is 0.481 e. The molecule has 0 spiro atoms. The molecule has 2 atom stereocenters. The third-order valence-electron chi connectivity index (χ3n) is 3.66. The van der Waals surface area contributed by atoms with E-state index in [1.807, 2.05) is 6.92 Å². The van der Waals surface area contributed by atoms with Crippen LogP contribution in [0.3, 0.4) is 0 Å². The molecule has 2 nitrogen and oxygen atoms in total. The van der Waals surface area contributed by atoms with Gasteiger partial charge in [0.05, 0.1) is 5.92 Å². The highest BCUT2D eigenvalue weighted by Crippen LogP contribution is 2.31. The van der Waals surface area contributed by atoms with E-state index in [4.69, 9.17) is 5.11 Å². The van der Waals surface area contributed by atoms with Crippen molar-refractivity contribution in [1.82, 2.24) is 0 Å². The van der Waals surface area contributed by atoms with E-state index in [0.717, 1.165) is 32.1 Å². The number of hydrogen-bond acceptors (Lipinski definition) is 1. The quantitative estimate of drug-likeness (QED) is 0.727. The first-order chi connectivity index (χ1) is 8.00. The first kappa shape index (κ1) is 14.0. The second-order valence-electron chi connectivity index (χ2n) is 5.34. The zero-order valence-electron chi connectivity index (χ0n) is 11.2. The maximum atomic E-state index is 10.9. The molecule has 2 heteroatoms.